The van der Waals surface area contributed by atoms with Crippen molar-refractivity contribution in [1.29, 1.82) is 0 Å². The van der Waals surface area contributed by atoms with Crippen LogP contribution in [0.4, 0.5) is 0 Å². The molecular weight excluding hydrogens is 220 g/mol. The first-order valence-corrected chi connectivity index (χ1v) is 7.83. The second-order valence-electron chi connectivity index (χ2n) is 7.68. The zero-order chi connectivity index (χ0) is 13.4. The van der Waals surface area contributed by atoms with Crippen LogP contribution in [0.15, 0.2) is 0 Å². The van der Waals surface area contributed by atoms with E-state index in [-0.39, 0.29) is 0 Å². The number of rotatable bonds is 2. The molecule has 2 nitrogen and oxygen atoms in total. The minimum atomic E-state index is 0.331. The van der Waals surface area contributed by atoms with Crippen LogP contribution in [0.1, 0.15) is 72.6 Å². The summed E-state index contributed by atoms with van der Waals surface area (Å²) in [6.45, 7) is 9.80. The molecule has 0 aromatic carbocycles. The first-order valence-electron chi connectivity index (χ1n) is 7.83. The molecule has 106 valence electrons. The molecule has 1 aliphatic heterocycles. The van der Waals surface area contributed by atoms with Crippen LogP contribution >= 0.6 is 0 Å². The van der Waals surface area contributed by atoms with Gasteiger partial charge in [-0.1, -0.05) is 19.3 Å². The highest BCUT2D eigenvalue weighted by Gasteiger charge is 2.47. The van der Waals surface area contributed by atoms with E-state index >= 15 is 0 Å². The van der Waals surface area contributed by atoms with Crippen molar-refractivity contribution < 1.29 is 0 Å². The van der Waals surface area contributed by atoms with Gasteiger partial charge in [0.2, 0.25) is 0 Å². The van der Waals surface area contributed by atoms with Gasteiger partial charge in [0.05, 0.1) is 0 Å². The van der Waals surface area contributed by atoms with Crippen LogP contribution in [0.25, 0.3) is 0 Å². The van der Waals surface area contributed by atoms with Crippen LogP contribution in [-0.4, -0.2) is 35.1 Å². The molecule has 2 heteroatoms. The lowest BCUT2D eigenvalue weighted by molar-refractivity contribution is -0.0803. The summed E-state index contributed by atoms with van der Waals surface area (Å²) in [5.41, 5.74) is 0.662. The summed E-state index contributed by atoms with van der Waals surface area (Å²) in [6.07, 6.45) is 9.71. The second-order valence-corrected chi connectivity index (χ2v) is 7.68. The van der Waals surface area contributed by atoms with Gasteiger partial charge in [-0.05, 0) is 60.4 Å². The van der Waals surface area contributed by atoms with E-state index < -0.39 is 0 Å². The van der Waals surface area contributed by atoms with E-state index in [2.05, 4.69) is 45.0 Å². The Morgan fingerprint density at radius 2 is 1.39 bits per heavy atom. The standard InChI is InChI=1S/C16H32N2/c1-15(2)11-13(17-5)12-16(3,4)18(15)14-9-7-6-8-10-14/h13-14,17H,6-12H2,1-5H3. The number of hydrogen-bond acceptors (Lipinski definition) is 2. The van der Waals surface area contributed by atoms with E-state index in [0.29, 0.717) is 17.1 Å². The Morgan fingerprint density at radius 3 is 1.83 bits per heavy atom. The van der Waals surface area contributed by atoms with Crippen molar-refractivity contribution in [3.63, 3.8) is 0 Å². The van der Waals surface area contributed by atoms with Gasteiger partial charge in [0.15, 0.2) is 0 Å². The van der Waals surface area contributed by atoms with Gasteiger partial charge in [0, 0.05) is 23.2 Å². The molecule has 2 aliphatic rings. The fourth-order valence-electron chi connectivity index (χ4n) is 4.83. The van der Waals surface area contributed by atoms with Gasteiger partial charge in [0.25, 0.3) is 0 Å². The van der Waals surface area contributed by atoms with Gasteiger partial charge in [-0.15, -0.1) is 0 Å². The van der Waals surface area contributed by atoms with Crippen molar-refractivity contribution in [3.05, 3.63) is 0 Å². The quantitative estimate of drug-likeness (QED) is 0.808. The van der Waals surface area contributed by atoms with E-state index in [1.165, 1.54) is 44.9 Å². The van der Waals surface area contributed by atoms with Gasteiger partial charge in [0.1, 0.15) is 0 Å². The molecule has 0 aromatic rings. The summed E-state index contributed by atoms with van der Waals surface area (Å²) < 4.78 is 0. The first kappa shape index (κ1) is 14.3. The van der Waals surface area contributed by atoms with Crippen molar-refractivity contribution in [2.75, 3.05) is 7.05 Å². The van der Waals surface area contributed by atoms with Crippen LogP contribution in [-0.2, 0) is 0 Å². The minimum Gasteiger partial charge on any atom is -0.317 e. The molecule has 0 atom stereocenters. The van der Waals surface area contributed by atoms with E-state index in [1.54, 1.807) is 0 Å². The van der Waals surface area contributed by atoms with Gasteiger partial charge >= 0.3 is 0 Å². The smallest absolute Gasteiger partial charge is 0.0176 e. The molecule has 1 N–H and O–H groups in total. The Balaban J connectivity index is 2.19. The molecule has 0 radical (unpaired) electrons. The molecule has 2 rings (SSSR count). The van der Waals surface area contributed by atoms with Crippen molar-refractivity contribution in [2.45, 2.75) is 95.8 Å². The summed E-state index contributed by atoms with van der Waals surface area (Å²) in [4.78, 5) is 2.87. The fourth-order valence-corrected chi connectivity index (χ4v) is 4.83. The first-order chi connectivity index (χ1) is 8.37. The van der Waals surface area contributed by atoms with Crippen LogP contribution in [0.2, 0.25) is 0 Å². The van der Waals surface area contributed by atoms with E-state index in [1.807, 2.05) is 0 Å². The lowest BCUT2D eigenvalue weighted by Crippen LogP contribution is -2.66. The Hall–Kier alpha value is -0.0800. The Kier molecular flexibility index (Phi) is 4.08. The zero-order valence-electron chi connectivity index (χ0n) is 13.1. The third-order valence-electron chi connectivity index (χ3n) is 5.14. The average molecular weight is 252 g/mol. The third kappa shape index (κ3) is 2.75. The Labute approximate surface area is 114 Å². The average Bonchev–Trinajstić information content (AvgIpc) is 2.27. The van der Waals surface area contributed by atoms with Gasteiger partial charge < -0.3 is 5.32 Å². The largest absolute Gasteiger partial charge is 0.317 e. The Bertz CT molecular complexity index is 259. The van der Waals surface area contributed by atoms with Crippen molar-refractivity contribution in [3.8, 4) is 0 Å². The lowest BCUT2D eigenvalue weighted by Gasteiger charge is -2.59. The van der Waals surface area contributed by atoms with E-state index in [4.69, 9.17) is 0 Å². The summed E-state index contributed by atoms with van der Waals surface area (Å²) in [5.74, 6) is 0. The normalized spacial score (nSPS) is 30.5. The highest BCUT2D eigenvalue weighted by Crippen LogP contribution is 2.42. The predicted molar refractivity (Wildman–Crippen MR) is 79.0 cm³/mol. The maximum Gasteiger partial charge on any atom is 0.0176 e. The number of nitrogens with one attached hydrogen (secondary N) is 1. The van der Waals surface area contributed by atoms with Gasteiger partial charge in [-0.2, -0.15) is 0 Å². The zero-order valence-corrected chi connectivity index (χ0v) is 13.1. The molecular formula is C16H32N2. The van der Waals surface area contributed by atoms with E-state index in [0.717, 1.165) is 6.04 Å². The maximum atomic E-state index is 3.51. The summed E-state index contributed by atoms with van der Waals surface area (Å²) in [5, 5.41) is 3.51. The highest BCUT2D eigenvalue weighted by atomic mass is 15.3. The number of nitrogens with zero attached hydrogens (tertiary/aromatic N) is 1. The highest BCUT2D eigenvalue weighted by molar-refractivity contribution is 5.04. The van der Waals surface area contributed by atoms with Crippen LogP contribution in [0.5, 0.6) is 0 Å². The topological polar surface area (TPSA) is 15.3 Å². The predicted octanol–water partition coefficient (Wildman–Crippen LogP) is 3.56. The summed E-state index contributed by atoms with van der Waals surface area (Å²) >= 11 is 0. The Morgan fingerprint density at radius 1 is 0.889 bits per heavy atom. The van der Waals surface area contributed by atoms with Crippen LogP contribution in [0, 0.1) is 0 Å². The van der Waals surface area contributed by atoms with Gasteiger partial charge in [-0.25, -0.2) is 0 Å². The second kappa shape index (κ2) is 5.13. The van der Waals surface area contributed by atoms with Crippen LogP contribution in [0.3, 0.4) is 0 Å². The number of likely N-dealkylation sites (tertiary alicyclic amines) is 1. The number of piperidine rings is 1. The molecule has 18 heavy (non-hydrogen) atoms. The third-order valence-corrected chi connectivity index (χ3v) is 5.14. The molecule has 0 unspecified atom stereocenters. The molecule has 1 saturated carbocycles. The maximum absolute atomic E-state index is 3.51. The summed E-state index contributed by atoms with van der Waals surface area (Å²) in [7, 11) is 2.12. The molecule has 2 fully saturated rings. The minimum absolute atomic E-state index is 0.331. The summed E-state index contributed by atoms with van der Waals surface area (Å²) in [6, 6.07) is 1.50. The molecule has 1 aliphatic carbocycles. The van der Waals surface area contributed by atoms with E-state index in [9.17, 15) is 0 Å². The SMILES string of the molecule is CNC1CC(C)(C)N(C2CCCCC2)C(C)(C)C1. The molecule has 1 heterocycles. The van der Waals surface area contributed by atoms with Crippen molar-refractivity contribution in [1.82, 2.24) is 10.2 Å². The number of hydrogen-bond donors (Lipinski definition) is 1. The fraction of sp³-hybridized carbons (Fsp3) is 1.00. The molecule has 0 aromatic heterocycles. The van der Waals surface area contributed by atoms with Gasteiger partial charge in [-0.3, -0.25) is 4.90 Å². The lowest BCUT2D eigenvalue weighted by atomic mass is 9.74. The monoisotopic (exact) mass is 252 g/mol. The van der Waals surface area contributed by atoms with Crippen molar-refractivity contribution in [2.24, 2.45) is 0 Å². The molecule has 0 amide bonds. The molecule has 0 bridgehead atoms. The van der Waals surface area contributed by atoms with Crippen LogP contribution < -0.4 is 5.32 Å². The molecule has 0 spiro atoms. The molecule has 1 saturated heterocycles. The van der Waals surface area contributed by atoms with Crippen molar-refractivity contribution >= 4 is 0 Å².